The van der Waals surface area contributed by atoms with Crippen molar-refractivity contribution >= 4 is 37.5 Å². The number of anilines is 1. The van der Waals surface area contributed by atoms with E-state index in [1.165, 1.54) is 12.1 Å². The first kappa shape index (κ1) is 20.6. The van der Waals surface area contributed by atoms with Crippen LogP contribution in [0.4, 0.5) is 5.69 Å². The Morgan fingerprint density at radius 2 is 1.75 bits per heavy atom. The predicted octanol–water partition coefficient (Wildman–Crippen LogP) is 3.31. The van der Waals surface area contributed by atoms with Gasteiger partial charge in [0.1, 0.15) is 0 Å². The Morgan fingerprint density at radius 3 is 2.50 bits per heavy atom. The van der Waals surface area contributed by atoms with Gasteiger partial charge in [-0.1, -0.05) is 15.9 Å². The molecule has 0 unspecified atom stereocenters. The van der Waals surface area contributed by atoms with Gasteiger partial charge in [-0.05, 0) is 42.8 Å². The number of carbonyl (C=O) groups excluding carboxylic acids is 1. The maximum absolute atomic E-state index is 12.5. The van der Waals surface area contributed by atoms with Crippen LogP contribution in [0.1, 0.15) is 19.3 Å². The number of benzene rings is 2. The minimum atomic E-state index is -3.69. The highest BCUT2D eigenvalue weighted by molar-refractivity contribution is 9.10. The van der Waals surface area contributed by atoms with E-state index in [0.717, 1.165) is 10.9 Å². The number of hydrogen-bond acceptors (Lipinski definition) is 5. The smallest absolute Gasteiger partial charge is 0.240 e. The molecule has 0 aromatic heterocycles. The Kier molecular flexibility index (Phi) is 6.93. The number of hydrogen-bond donors (Lipinski definition) is 2. The van der Waals surface area contributed by atoms with E-state index in [0.29, 0.717) is 36.8 Å². The molecular formula is C19H21BrN2O5S. The molecule has 3 rings (SSSR count). The van der Waals surface area contributed by atoms with Gasteiger partial charge in [0.15, 0.2) is 11.5 Å². The number of carbonyl (C=O) groups is 1. The summed E-state index contributed by atoms with van der Waals surface area (Å²) in [6.45, 7) is 1.18. The van der Waals surface area contributed by atoms with Crippen molar-refractivity contribution in [1.29, 1.82) is 0 Å². The molecule has 2 N–H and O–H groups in total. The fourth-order valence-electron chi connectivity index (χ4n) is 2.61. The van der Waals surface area contributed by atoms with Crippen molar-refractivity contribution in [3.63, 3.8) is 0 Å². The predicted molar refractivity (Wildman–Crippen MR) is 109 cm³/mol. The molecule has 0 atom stereocenters. The summed E-state index contributed by atoms with van der Waals surface area (Å²) in [6, 6.07) is 11.8. The quantitative estimate of drug-likeness (QED) is 0.607. The van der Waals surface area contributed by atoms with Crippen molar-refractivity contribution in [2.24, 2.45) is 0 Å². The van der Waals surface area contributed by atoms with Crippen LogP contribution in [0.15, 0.2) is 51.8 Å². The average molecular weight is 469 g/mol. The SMILES string of the molecule is O=C(CCCNS(=O)(=O)c1ccc2c(c1)OCCCO2)Nc1ccc(Br)cc1. The fourth-order valence-corrected chi connectivity index (χ4v) is 3.96. The molecule has 0 fully saturated rings. The van der Waals surface area contributed by atoms with Crippen molar-refractivity contribution in [3.8, 4) is 11.5 Å². The van der Waals surface area contributed by atoms with Crippen molar-refractivity contribution in [1.82, 2.24) is 4.72 Å². The van der Waals surface area contributed by atoms with Crippen LogP contribution in [-0.4, -0.2) is 34.1 Å². The zero-order chi connectivity index (χ0) is 20.0. The third kappa shape index (κ3) is 5.70. The third-order valence-corrected chi connectivity index (χ3v) is 6.02. The first-order chi connectivity index (χ1) is 13.4. The molecule has 0 spiro atoms. The Balaban J connectivity index is 1.49. The van der Waals surface area contributed by atoms with Gasteiger partial charge in [0.05, 0.1) is 18.1 Å². The van der Waals surface area contributed by atoms with E-state index in [9.17, 15) is 13.2 Å². The molecule has 0 saturated heterocycles. The molecule has 2 aromatic rings. The molecule has 150 valence electrons. The van der Waals surface area contributed by atoms with Gasteiger partial charge >= 0.3 is 0 Å². The number of nitrogens with one attached hydrogen (secondary N) is 2. The molecule has 0 radical (unpaired) electrons. The lowest BCUT2D eigenvalue weighted by Crippen LogP contribution is -2.25. The number of amides is 1. The summed E-state index contributed by atoms with van der Waals surface area (Å²) >= 11 is 3.33. The van der Waals surface area contributed by atoms with E-state index in [4.69, 9.17) is 9.47 Å². The molecule has 1 aliphatic heterocycles. The van der Waals surface area contributed by atoms with Gasteiger partial charge in [-0.3, -0.25) is 4.79 Å². The highest BCUT2D eigenvalue weighted by Crippen LogP contribution is 2.31. The monoisotopic (exact) mass is 468 g/mol. The van der Waals surface area contributed by atoms with Crippen molar-refractivity contribution in [2.45, 2.75) is 24.2 Å². The molecule has 2 aromatic carbocycles. The van der Waals surface area contributed by atoms with Crippen LogP contribution in [0, 0.1) is 0 Å². The Labute approximate surface area is 172 Å². The normalized spacial score (nSPS) is 13.6. The summed E-state index contributed by atoms with van der Waals surface area (Å²) in [5.74, 6) is 0.799. The van der Waals surface area contributed by atoms with Crippen LogP contribution < -0.4 is 19.5 Å². The highest BCUT2D eigenvalue weighted by atomic mass is 79.9. The van der Waals surface area contributed by atoms with E-state index in [2.05, 4.69) is 26.0 Å². The van der Waals surface area contributed by atoms with Crippen LogP contribution >= 0.6 is 15.9 Å². The first-order valence-electron chi connectivity index (χ1n) is 8.89. The second-order valence-corrected chi connectivity index (χ2v) is 8.90. The van der Waals surface area contributed by atoms with Gasteiger partial charge in [-0.15, -0.1) is 0 Å². The van der Waals surface area contributed by atoms with Crippen LogP contribution in [0.25, 0.3) is 0 Å². The van der Waals surface area contributed by atoms with Crippen molar-refractivity contribution in [2.75, 3.05) is 25.1 Å². The van der Waals surface area contributed by atoms with Crippen LogP contribution in [-0.2, 0) is 14.8 Å². The first-order valence-corrected chi connectivity index (χ1v) is 11.2. The van der Waals surface area contributed by atoms with Crippen molar-refractivity contribution < 1.29 is 22.7 Å². The number of rotatable bonds is 7. The average Bonchev–Trinajstić information content (AvgIpc) is 2.92. The Bertz CT molecular complexity index is 932. The summed E-state index contributed by atoms with van der Waals surface area (Å²) in [7, 11) is -3.69. The summed E-state index contributed by atoms with van der Waals surface area (Å²) in [5.41, 5.74) is 0.695. The van der Waals surface area contributed by atoms with Crippen LogP contribution in [0.3, 0.4) is 0 Å². The van der Waals surface area contributed by atoms with Gasteiger partial charge in [-0.25, -0.2) is 13.1 Å². The largest absolute Gasteiger partial charge is 0.490 e. The van der Waals surface area contributed by atoms with Crippen LogP contribution in [0.2, 0.25) is 0 Å². The molecule has 7 nitrogen and oxygen atoms in total. The lowest BCUT2D eigenvalue weighted by Gasteiger charge is -2.11. The van der Waals surface area contributed by atoms with Crippen molar-refractivity contribution in [3.05, 3.63) is 46.9 Å². The molecule has 1 aliphatic rings. The minimum Gasteiger partial charge on any atom is -0.490 e. The maximum atomic E-state index is 12.5. The second kappa shape index (κ2) is 9.40. The lowest BCUT2D eigenvalue weighted by atomic mass is 10.2. The van der Waals surface area contributed by atoms with Gasteiger partial charge in [0.25, 0.3) is 0 Å². The molecule has 1 amide bonds. The Morgan fingerprint density at radius 1 is 1.04 bits per heavy atom. The molecule has 1 heterocycles. The topological polar surface area (TPSA) is 93.7 Å². The van der Waals surface area contributed by atoms with Crippen LogP contribution in [0.5, 0.6) is 11.5 Å². The molecule has 9 heteroatoms. The molecule has 0 aliphatic carbocycles. The second-order valence-electron chi connectivity index (χ2n) is 6.22. The number of fused-ring (bicyclic) bond motifs is 1. The lowest BCUT2D eigenvalue weighted by molar-refractivity contribution is -0.116. The number of halogens is 1. The van der Waals surface area contributed by atoms with Gasteiger partial charge in [-0.2, -0.15) is 0 Å². The Hall–Kier alpha value is -2.10. The van der Waals surface area contributed by atoms with E-state index in [1.54, 1.807) is 18.2 Å². The zero-order valence-electron chi connectivity index (χ0n) is 15.1. The molecule has 28 heavy (non-hydrogen) atoms. The number of ether oxygens (including phenoxy) is 2. The van der Waals surface area contributed by atoms with E-state index >= 15 is 0 Å². The number of sulfonamides is 1. The maximum Gasteiger partial charge on any atom is 0.240 e. The minimum absolute atomic E-state index is 0.107. The van der Waals surface area contributed by atoms with Gasteiger partial charge in [0.2, 0.25) is 15.9 Å². The third-order valence-electron chi connectivity index (χ3n) is 4.03. The summed E-state index contributed by atoms with van der Waals surface area (Å²) in [4.78, 5) is 12.1. The summed E-state index contributed by atoms with van der Waals surface area (Å²) in [6.07, 6.45) is 1.34. The van der Waals surface area contributed by atoms with E-state index < -0.39 is 10.0 Å². The van der Waals surface area contributed by atoms with E-state index in [-0.39, 0.29) is 23.8 Å². The molecule has 0 bridgehead atoms. The fraction of sp³-hybridized carbons (Fsp3) is 0.316. The van der Waals surface area contributed by atoms with Gasteiger partial charge in [0, 0.05) is 35.6 Å². The molecular weight excluding hydrogens is 448 g/mol. The zero-order valence-corrected chi connectivity index (χ0v) is 17.5. The highest BCUT2D eigenvalue weighted by Gasteiger charge is 2.18. The van der Waals surface area contributed by atoms with E-state index in [1.807, 2.05) is 12.1 Å². The van der Waals surface area contributed by atoms with Gasteiger partial charge < -0.3 is 14.8 Å². The molecule has 0 saturated carbocycles. The summed E-state index contributed by atoms with van der Waals surface area (Å²) in [5, 5.41) is 2.77. The summed E-state index contributed by atoms with van der Waals surface area (Å²) < 4.78 is 39.4. The standard InChI is InChI=1S/C19H21BrN2O5S/c20-14-4-6-15(7-5-14)22-19(23)3-1-10-21-28(24,25)16-8-9-17-18(13-16)27-12-2-11-26-17/h4-9,13,21H,1-3,10-12H2,(H,22,23).